The van der Waals surface area contributed by atoms with E-state index in [0.29, 0.717) is 0 Å². The Labute approximate surface area is 103 Å². The third-order valence-corrected chi connectivity index (χ3v) is 4.75. The summed E-state index contributed by atoms with van der Waals surface area (Å²) in [4.78, 5) is 11.4. The van der Waals surface area contributed by atoms with Gasteiger partial charge < -0.3 is 11.1 Å². The lowest BCUT2D eigenvalue weighted by Gasteiger charge is -2.27. The van der Waals surface area contributed by atoms with Gasteiger partial charge in [0.15, 0.2) is 0 Å². The monoisotopic (exact) mass is 244 g/mol. The summed E-state index contributed by atoms with van der Waals surface area (Å²) in [6, 6.07) is 0. The van der Waals surface area contributed by atoms with Crippen LogP contribution < -0.4 is 11.1 Å². The highest BCUT2D eigenvalue weighted by atomic mass is 32.2. The Bertz CT molecular complexity index is 229. The van der Waals surface area contributed by atoms with Gasteiger partial charge in [-0.15, -0.1) is 0 Å². The fourth-order valence-electron chi connectivity index (χ4n) is 2.17. The molecule has 16 heavy (non-hydrogen) atoms. The second kappa shape index (κ2) is 6.50. The van der Waals surface area contributed by atoms with Gasteiger partial charge >= 0.3 is 0 Å². The lowest BCUT2D eigenvalue weighted by atomic mass is 9.98. The number of hydrogen-bond donors (Lipinski definition) is 2. The number of likely N-dealkylation sites (N-methyl/N-ethyl adjacent to an activating group) is 1. The molecule has 1 unspecified atom stereocenters. The van der Waals surface area contributed by atoms with Crippen molar-refractivity contribution < 1.29 is 4.79 Å². The third-order valence-electron chi connectivity index (χ3n) is 3.37. The van der Waals surface area contributed by atoms with Crippen LogP contribution in [0.1, 0.15) is 46.0 Å². The van der Waals surface area contributed by atoms with Crippen LogP contribution >= 0.6 is 11.8 Å². The molecule has 0 radical (unpaired) electrons. The number of hydrogen-bond acceptors (Lipinski definition) is 3. The molecule has 1 rings (SSSR count). The molecule has 0 aromatic carbocycles. The first kappa shape index (κ1) is 13.8. The van der Waals surface area contributed by atoms with E-state index in [-0.39, 0.29) is 5.91 Å². The lowest BCUT2D eigenvalue weighted by molar-refractivity contribution is -0.123. The number of thioether (sulfide) groups is 1. The van der Waals surface area contributed by atoms with E-state index < -0.39 is 5.54 Å². The molecule has 1 saturated carbocycles. The summed E-state index contributed by atoms with van der Waals surface area (Å²) in [7, 11) is 0. The number of nitrogens with one attached hydrogen (secondary N) is 1. The number of rotatable bonds is 7. The topological polar surface area (TPSA) is 55.1 Å². The van der Waals surface area contributed by atoms with Gasteiger partial charge in [-0.1, -0.05) is 19.8 Å². The first-order chi connectivity index (χ1) is 7.58. The van der Waals surface area contributed by atoms with E-state index in [2.05, 4.69) is 5.32 Å². The fraction of sp³-hybridized carbons (Fsp3) is 0.917. The molecule has 0 heterocycles. The number of carbonyl (C=O) groups is 1. The molecule has 1 fully saturated rings. The Kier molecular flexibility index (Phi) is 5.62. The maximum Gasteiger partial charge on any atom is 0.237 e. The van der Waals surface area contributed by atoms with Crippen molar-refractivity contribution in [3.8, 4) is 0 Å². The summed E-state index contributed by atoms with van der Waals surface area (Å²) in [5, 5.41) is 4.01. The Morgan fingerprint density at radius 3 is 2.62 bits per heavy atom. The van der Waals surface area contributed by atoms with Crippen molar-refractivity contribution >= 4 is 17.7 Å². The minimum absolute atomic E-state index is 0.235. The average Bonchev–Trinajstić information content (AvgIpc) is 2.70. The molecule has 4 heteroatoms. The molecule has 3 nitrogen and oxygen atoms in total. The van der Waals surface area contributed by atoms with E-state index in [1.165, 1.54) is 25.7 Å². The van der Waals surface area contributed by atoms with Gasteiger partial charge in [0.25, 0.3) is 0 Å². The zero-order valence-electron chi connectivity index (χ0n) is 10.4. The fourth-order valence-corrected chi connectivity index (χ4v) is 3.70. The van der Waals surface area contributed by atoms with E-state index in [1.54, 1.807) is 0 Å². The van der Waals surface area contributed by atoms with Crippen molar-refractivity contribution in [2.75, 3.05) is 12.3 Å². The summed E-state index contributed by atoms with van der Waals surface area (Å²) in [6.07, 6.45) is 6.27. The minimum atomic E-state index is -0.527. The highest BCUT2D eigenvalue weighted by molar-refractivity contribution is 7.99. The minimum Gasteiger partial charge on any atom is -0.368 e. The van der Waals surface area contributed by atoms with Crippen molar-refractivity contribution in [1.82, 2.24) is 5.32 Å². The van der Waals surface area contributed by atoms with E-state index in [1.807, 2.05) is 25.6 Å². The standard InChI is InChI=1S/C12H24N2OS/c1-3-14-12(2,11(13)15)8-9-16-10-6-4-5-7-10/h10,14H,3-9H2,1-2H3,(H2,13,15). The van der Waals surface area contributed by atoms with Crippen LogP contribution in [-0.2, 0) is 4.79 Å². The predicted octanol–water partition coefficient (Wildman–Crippen LogP) is 1.91. The number of amides is 1. The average molecular weight is 244 g/mol. The predicted molar refractivity (Wildman–Crippen MR) is 70.6 cm³/mol. The van der Waals surface area contributed by atoms with Gasteiger partial charge in [-0.2, -0.15) is 11.8 Å². The molecule has 1 amide bonds. The van der Waals surface area contributed by atoms with Crippen molar-refractivity contribution in [3.63, 3.8) is 0 Å². The van der Waals surface area contributed by atoms with Crippen molar-refractivity contribution in [2.45, 2.75) is 56.7 Å². The second-order valence-corrected chi connectivity index (χ2v) is 6.16. The molecule has 0 bridgehead atoms. The highest BCUT2D eigenvalue weighted by Gasteiger charge is 2.29. The highest BCUT2D eigenvalue weighted by Crippen LogP contribution is 2.30. The normalized spacial score (nSPS) is 20.9. The first-order valence-corrected chi connectivity index (χ1v) is 7.30. The zero-order valence-corrected chi connectivity index (χ0v) is 11.2. The van der Waals surface area contributed by atoms with E-state index in [9.17, 15) is 4.79 Å². The molecule has 0 aromatic heterocycles. The van der Waals surface area contributed by atoms with Crippen LogP contribution in [0, 0.1) is 0 Å². The van der Waals surface area contributed by atoms with Gasteiger partial charge in [0.2, 0.25) is 5.91 Å². The van der Waals surface area contributed by atoms with Crippen LogP contribution in [0.5, 0.6) is 0 Å². The number of nitrogens with two attached hydrogens (primary N) is 1. The Morgan fingerprint density at radius 1 is 1.50 bits per heavy atom. The van der Waals surface area contributed by atoms with Gasteiger partial charge in [0, 0.05) is 5.25 Å². The molecule has 0 aromatic rings. The quantitative estimate of drug-likeness (QED) is 0.719. The number of carbonyl (C=O) groups excluding carboxylic acids is 1. The first-order valence-electron chi connectivity index (χ1n) is 6.25. The Morgan fingerprint density at radius 2 is 2.12 bits per heavy atom. The molecule has 1 aliphatic carbocycles. The van der Waals surface area contributed by atoms with Crippen LogP contribution in [-0.4, -0.2) is 29.0 Å². The van der Waals surface area contributed by atoms with Gasteiger partial charge in [0.05, 0.1) is 5.54 Å². The van der Waals surface area contributed by atoms with E-state index in [4.69, 9.17) is 5.73 Å². The summed E-state index contributed by atoms with van der Waals surface area (Å²) in [5.41, 5.74) is 4.91. The van der Waals surface area contributed by atoms with E-state index >= 15 is 0 Å². The van der Waals surface area contributed by atoms with Crippen LogP contribution in [0.3, 0.4) is 0 Å². The molecule has 3 N–H and O–H groups in total. The van der Waals surface area contributed by atoms with Crippen LogP contribution in [0.25, 0.3) is 0 Å². The zero-order chi connectivity index (χ0) is 12.0. The van der Waals surface area contributed by atoms with Crippen LogP contribution in [0.15, 0.2) is 0 Å². The lowest BCUT2D eigenvalue weighted by Crippen LogP contribution is -2.53. The molecule has 0 aliphatic heterocycles. The van der Waals surface area contributed by atoms with Crippen molar-refractivity contribution in [3.05, 3.63) is 0 Å². The molecule has 94 valence electrons. The third kappa shape index (κ3) is 3.98. The molecule has 1 aliphatic rings. The summed E-state index contributed by atoms with van der Waals surface area (Å²) in [6.45, 7) is 4.70. The summed E-state index contributed by atoms with van der Waals surface area (Å²) in [5.74, 6) is 0.790. The van der Waals surface area contributed by atoms with Crippen molar-refractivity contribution in [2.24, 2.45) is 5.73 Å². The van der Waals surface area contributed by atoms with E-state index in [0.717, 1.165) is 24.0 Å². The Balaban J connectivity index is 2.29. The molecule has 1 atom stereocenters. The SMILES string of the molecule is CCNC(C)(CCSC1CCCC1)C(N)=O. The summed E-state index contributed by atoms with van der Waals surface area (Å²) >= 11 is 2.01. The van der Waals surface area contributed by atoms with Gasteiger partial charge in [-0.3, -0.25) is 4.79 Å². The van der Waals surface area contributed by atoms with Gasteiger partial charge in [-0.25, -0.2) is 0 Å². The Hall–Kier alpha value is -0.220. The van der Waals surface area contributed by atoms with Gasteiger partial charge in [0.1, 0.15) is 0 Å². The maximum atomic E-state index is 11.4. The maximum absolute atomic E-state index is 11.4. The smallest absolute Gasteiger partial charge is 0.237 e. The molecule has 0 spiro atoms. The summed E-state index contributed by atoms with van der Waals surface area (Å²) < 4.78 is 0. The molecular formula is C12H24N2OS. The number of primary amides is 1. The van der Waals surface area contributed by atoms with Crippen LogP contribution in [0.2, 0.25) is 0 Å². The van der Waals surface area contributed by atoms with Gasteiger partial charge in [-0.05, 0) is 38.5 Å². The molecule has 0 saturated heterocycles. The largest absolute Gasteiger partial charge is 0.368 e. The molecular weight excluding hydrogens is 220 g/mol. The second-order valence-electron chi connectivity index (χ2n) is 4.75. The van der Waals surface area contributed by atoms with Crippen molar-refractivity contribution in [1.29, 1.82) is 0 Å². The van der Waals surface area contributed by atoms with Crippen LogP contribution in [0.4, 0.5) is 0 Å².